The lowest BCUT2D eigenvalue weighted by molar-refractivity contribution is 0.397. The molecule has 0 aliphatic carbocycles. The number of ether oxygens (including phenoxy) is 1. The van der Waals surface area contributed by atoms with Crippen molar-refractivity contribution >= 4 is 5.82 Å². The first kappa shape index (κ1) is 15.2. The van der Waals surface area contributed by atoms with E-state index in [1.807, 2.05) is 6.07 Å². The highest BCUT2D eigenvalue weighted by Gasteiger charge is 2.14. The maximum absolute atomic E-state index is 5.27. The molecule has 112 valence electrons. The number of aromatic nitrogens is 4. The van der Waals surface area contributed by atoms with E-state index in [1.54, 1.807) is 19.5 Å². The molecule has 21 heavy (non-hydrogen) atoms. The average Bonchev–Trinajstić information content (AvgIpc) is 2.52. The van der Waals surface area contributed by atoms with Crippen LogP contribution in [0.25, 0.3) is 11.4 Å². The van der Waals surface area contributed by atoms with Gasteiger partial charge in [0.2, 0.25) is 5.88 Å². The molecule has 0 unspecified atom stereocenters. The van der Waals surface area contributed by atoms with Crippen molar-refractivity contribution in [3.63, 3.8) is 0 Å². The van der Waals surface area contributed by atoms with Gasteiger partial charge in [-0.15, -0.1) is 0 Å². The van der Waals surface area contributed by atoms with Crippen LogP contribution in [0.5, 0.6) is 5.88 Å². The van der Waals surface area contributed by atoms with Crippen LogP contribution in [0.4, 0.5) is 5.82 Å². The second-order valence-corrected chi connectivity index (χ2v) is 4.99. The zero-order valence-electron chi connectivity index (χ0n) is 12.9. The summed E-state index contributed by atoms with van der Waals surface area (Å²) in [7, 11) is 1.58. The van der Waals surface area contributed by atoms with Crippen molar-refractivity contribution in [3.8, 4) is 17.3 Å². The first-order valence-corrected chi connectivity index (χ1v) is 7.14. The highest BCUT2D eigenvalue weighted by molar-refractivity contribution is 5.63. The molecule has 6 heteroatoms. The van der Waals surface area contributed by atoms with E-state index in [1.165, 1.54) is 0 Å². The first-order chi connectivity index (χ1) is 10.2. The van der Waals surface area contributed by atoms with Gasteiger partial charge in [-0.25, -0.2) is 19.9 Å². The van der Waals surface area contributed by atoms with Gasteiger partial charge in [-0.3, -0.25) is 0 Å². The predicted molar refractivity (Wildman–Crippen MR) is 82.5 cm³/mol. The molecule has 0 aliphatic heterocycles. The number of hydrogen-bond acceptors (Lipinski definition) is 6. The van der Waals surface area contributed by atoms with Crippen molar-refractivity contribution in [3.05, 3.63) is 24.3 Å². The summed E-state index contributed by atoms with van der Waals surface area (Å²) in [6.07, 6.45) is 4.27. The average molecular weight is 287 g/mol. The monoisotopic (exact) mass is 287 g/mol. The molecule has 0 aliphatic rings. The van der Waals surface area contributed by atoms with Crippen LogP contribution in [0, 0.1) is 0 Å². The van der Waals surface area contributed by atoms with Gasteiger partial charge < -0.3 is 10.1 Å². The first-order valence-electron chi connectivity index (χ1n) is 7.14. The molecule has 0 aromatic carbocycles. The fraction of sp³-hybridized carbons (Fsp3) is 0.467. The Morgan fingerprint density at radius 2 is 1.95 bits per heavy atom. The highest BCUT2D eigenvalue weighted by Crippen LogP contribution is 2.26. The molecule has 6 nitrogen and oxygen atoms in total. The number of nitrogens with zero attached hydrogens (tertiary/aromatic N) is 4. The highest BCUT2D eigenvalue weighted by atomic mass is 16.5. The molecular weight excluding hydrogens is 266 g/mol. The molecule has 0 bridgehead atoms. The SMILES string of the molecule is CCCNc1cc(-c2nccnc2OC)nc(C(C)C)n1. The largest absolute Gasteiger partial charge is 0.479 e. The van der Waals surface area contributed by atoms with Gasteiger partial charge in [0, 0.05) is 30.9 Å². The maximum Gasteiger partial charge on any atom is 0.241 e. The Morgan fingerprint density at radius 1 is 1.19 bits per heavy atom. The topological polar surface area (TPSA) is 72.8 Å². The fourth-order valence-corrected chi connectivity index (χ4v) is 1.84. The van der Waals surface area contributed by atoms with Crippen LogP contribution in [-0.2, 0) is 0 Å². The van der Waals surface area contributed by atoms with Crippen LogP contribution in [-0.4, -0.2) is 33.6 Å². The van der Waals surface area contributed by atoms with Crippen LogP contribution in [0.2, 0.25) is 0 Å². The molecule has 2 aromatic rings. The summed E-state index contributed by atoms with van der Waals surface area (Å²) in [5, 5.41) is 3.30. The summed E-state index contributed by atoms with van der Waals surface area (Å²) in [4.78, 5) is 17.6. The fourth-order valence-electron chi connectivity index (χ4n) is 1.84. The van der Waals surface area contributed by atoms with Crippen molar-refractivity contribution in [2.75, 3.05) is 19.0 Å². The van der Waals surface area contributed by atoms with Crippen molar-refractivity contribution in [1.29, 1.82) is 0 Å². The third-order valence-corrected chi connectivity index (χ3v) is 2.92. The molecule has 0 atom stereocenters. The third kappa shape index (κ3) is 3.65. The predicted octanol–water partition coefficient (Wildman–Crippen LogP) is 2.89. The molecule has 0 radical (unpaired) electrons. The van der Waals surface area contributed by atoms with Gasteiger partial charge in [-0.2, -0.15) is 0 Å². The Morgan fingerprint density at radius 3 is 2.62 bits per heavy atom. The number of hydrogen-bond donors (Lipinski definition) is 1. The Balaban J connectivity index is 2.48. The zero-order chi connectivity index (χ0) is 15.2. The van der Waals surface area contributed by atoms with E-state index in [2.05, 4.69) is 46.0 Å². The summed E-state index contributed by atoms with van der Waals surface area (Å²) < 4.78 is 5.27. The van der Waals surface area contributed by atoms with E-state index in [0.29, 0.717) is 11.6 Å². The van der Waals surface area contributed by atoms with Gasteiger partial charge in [-0.05, 0) is 6.42 Å². The van der Waals surface area contributed by atoms with Crippen molar-refractivity contribution in [2.45, 2.75) is 33.1 Å². The lowest BCUT2D eigenvalue weighted by Crippen LogP contribution is -2.08. The van der Waals surface area contributed by atoms with Crippen LogP contribution >= 0.6 is 0 Å². The second-order valence-electron chi connectivity index (χ2n) is 4.99. The van der Waals surface area contributed by atoms with E-state index in [4.69, 9.17) is 4.74 Å². The lowest BCUT2D eigenvalue weighted by Gasteiger charge is -2.12. The van der Waals surface area contributed by atoms with Crippen LogP contribution in [0.15, 0.2) is 18.5 Å². The van der Waals surface area contributed by atoms with Gasteiger partial charge in [-0.1, -0.05) is 20.8 Å². The van der Waals surface area contributed by atoms with Crippen molar-refractivity contribution in [2.24, 2.45) is 0 Å². The Labute approximate surface area is 125 Å². The number of anilines is 1. The summed E-state index contributed by atoms with van der Waals surface area (Å²) >= 11 is 0. The van der Waals surface area contributed by atoms with Crippen LogP contribution in [0.1, 0.15) is 38.9 Å². The quantitative estimate of drug-likeness (QED) is 0.880. The van der Waals surface area contributed by atoms with E-state index in [0.717, 1.165) is 30.3 Å². The standard InChI is InChI=1S/C15H21N5O/c1-5-6-16-12-9-11(19-14(20-12)10(2)3)13-15(21-4)18-8-7-17-13/h7-10H,5-6H2,1-4H3,(H,16,19,20). The minimum atomic E-state index is 0.231. The molecule has 2 rings (SSSR count). The Hall–Kier alpha value is -2.24. The smallest absolute Gasteiger partial charge is 0.241 e. The summed E-state index contributed by atoms with van der Waals surface area (Å²) in [6, 6.07) is 1.88. The lowest BCUT2D eigenvalue weighted by atomic mass is 10.2. The Kier molecular flexibility index (Phi) is 5.03. The van der Waals surface area contributed by atoms with Gasteiger partial charge in [0.1, 0.15) is 17.3 Å². The summed E-state index contributed by atoms with van der Waals surface area (Å²) in [5.74, 6) is 2.28. The van der Waals surface area contributed by atoms with E-state index >= 15 is 0 Å². The van der Waals surface area contributed by atoms with Gasteiger partial charge in [0.25, 0.3) is 0 Å². The van der Waals surface area contributed by atoms with Crippen LogP contribution < -0.4 is 10.1 Å². The molecule has 0 saturated carbocycles. The van der Waals surface area contributed by atoms with Gasteiger partial charge in [0.15, 0.2) is 5.69 Å². The minimum Gasteiger partial charge on any atom is -0.479 e. The normalized spacial score (nSPS) is 10.7. The number of rotatable bonds is 6. The zero-order valence-corrected chi connectivity index (χ0v) is 12.9. The van der Waals surface area contributed by atoms with E-state index in [-0.39, 0.29) is 5.92 Å². The van der Waals surface area contributed by atoms with Crippen LogP contribution in [0.3, 0.4) is 0 Å². The summed E-state index contributed by atoms with van der Waals surface area (Å²) in [6.45, 7) is 7.11. The molecule has 0 spiro atoms. The molecule has 1 N–H and O–H groups in total. The molecule has 0 amide bonds. The van der Waals surface area contributed by atoms with Crippen molar-refractivity contribution < 1.29 is 4.74 Å². The van der Waals surface area contributed by atoms with Gasteiger partial charge in [0.05, 0.1) is 7.11 Å². The molecule has 0 saturated heterocycles. The summed E-state index contributed by atoms with van der Waals surface area (Å²) in [5.41, 5.74) is 1.35. The third-order valence-electron chi connectivity index (χ3n) is 2.92. The van der Waals surface area contributed by atoms with Gasteiger partial charge >= 0.3 is 0 Å². The van der Waals surface area contributed by atoms with E-state index < -0.39 is 0 Å². The van der Waals surface area contributed by atoms with E-state index in [9.17, 15) is 0 Å². The number of methoxy groups -OCH3 is 1. The second kappa shape index (κ2) is 6.97. The Bertz CT molecular complexity index is 600. The molecular formula is C15H21N5O. The minimum absolute atomic E-state index is 0.231. The molecule has 0 fully saturated rings. The molecule has 2 aromatic heterocycles. The van der Waals surface area contributed by atoms with Crippen molar-refractivity contribution in [1.82, 2.24) is 19.9 Å². The maximum atomic E-state index is 5.27. The molecule has 2 heterocycles. The number of nitrogens with one attached hydrogen (secondary N) is 1.